The Kier molecular flexibility index (Phi) is 5.00. The molecular formula is C18H20N2O5S2. The molecule has 2 N–H and O–H groups in total. The molecule has 1 aliphatic rings. The predicted octanol–water partition coefficient (Wildman–Crippen LogP) is 2.84. The van der Waals surface area contributed by atoms with E-state index in [2.05, 4.69) is 10.0 Å². The van der Waals surface area contributed by atoms with Gasteiger partial charge in [-0.15, -0.1) is 11.3 Å². The summed E-state index contributed by atoms with van der Waals surface area (Å²) in [5.41, 5.74) is 1.51. The third kappa shape index (κ3) is 3.70. The summed E-state index contributed by atoms with van der Waals surface area (Å²) in [6.45, 7) is 7.01. The van der Waals surface area contributed by atoms with Crippen molar-refractivity contribution in [2.45, 2.75) is 38.7 Å². The van der Waals surface area contributed by atoms with Crippen LogP contribution in [0.2, 0.25) is 0 Å². The van der Waals surface area contributed by atoms with Crippen LogP contribution in [0.3, 0.4) is 0 Å². The Bertz CT molecular complexity index is 1020. The van der Waals surface area contributed by atoms with Crippen molar-refractivity contribution in [2.24, 2.45) is 5.92 Å². The second-order valence-electron chi connectivity index (χ2n) is 6.75. The first kappa shape index (κ1) is 19.4. The van der Waals surface area contributed by atoms with Gasteiger partial charge in [0.25, 0.3) is 21.8 Å². The Morgan fingerprint density at radius 3 is 2.56 bits per heavy atom. The molecule has 9 heteroatoms. The fourth-order valence-electron chi connectivity index (χ4n) is 2.82. The standard InChI is InChI=1S/C18H20N2O5S2/c1-9(2)15-17(21)19-12-7-11(4)14(8-13(12)25-15)27(23,24)20-18(22)16-10(3)5-6-26-16/h5-9,15H,1-4H3,(H,19,21)(H,20,22)/t15-/m0/s1. The van der Waals surface area contributed by atoms with Gasteiger partial charge in [0.05, 0.1) is 15.5 Å². The molecule has 0 aliphatic carbocycles. The number of anilines is 1. The number of nitrogens with one attached hydrogen (secondary N) is 2. The average Bonchev–Trinajstić information content (AvgIpc) is 2.99. The molecule has 2 aromatic rings. The predicted molar refractivity (Wildman–Crippen MR) is 103 cm³/mol. The summed E-state index contributed by atoms with van der Waals surface area (Å²) in [7, 11) is -4.10. The smallest absolute Gasteiger partial charge is 0.275 e. The molecule has 0 spiro atoms. The van der Waals surface area contributed by atoms with Crippen LogP contribution in [0.15, 0.2) is 28.5 Å². The number of fused-ring (bicyclic) bond motifs is 1. The third-order valence-corrected chi connectivity index (χ3v) is 6.73. The number of rotatable bonds is 4. The number of carbonyl (C=O) groups is 2. The van der Waals surface area contributed by atoms with Gasteiger partial charge in [0.1, 0.15) is 5.75 Å². The van der Waals surface area contributed by atoms with E-state index in [1.165, 1.54) is 23.5 Å². The number of benzene rings is 1. The highest BCUT2D eigenvalue weighted by Gasteiger charge is 2.32. The fraction of sp³-hybridized carbons (Fsp3) is 0.333. The maximum atomic E-state index is 12.8. The SMILES string of the molecule is Cc1cc2c(cc1S(=O)(=O)NC(=O)c1sccc1C)O[C@@H](C(C)C)C(=O)N2. The van der Waals surface area contributed by atoms with Crippen LogP contribution in [0.1, 0.15) is 34.6 Å². The maximum absolute atomic E-state index is 12.8. The Balaban J connectivity index is 1.95. The zero-order valence-corrected chi connectivity index (χ0v) is 17.0. The first-order valence-electron chi connectivity index (χ1n) is 8.33. The van der Waals surface area contributed by atoms with E-state index in [0.717, 1.165) is 0 Å². The van der Waals surface area contributed by atoms with Crippen molar-refractivity contribution in [1.82, 2.24) is 4.72 Å². The molecule has 0 unspecified atom stereocenters. The highest BCUT2D eigenvalue weighted by Crippen LogP contribution is 2.35. The first-order valence-corrected chi connectivity index (χ1v) is 10.7. The zero-order valence-electron chi connectivity index (χ0n) is 15.3. The molecule has 0 saturated carbocycles. The summed E-state index contributed by atoms with van der Waals surface area (Å²) < 4.78 is 33.3. The molecule has 2 amide bonds. The summed E-state index contributed by atoms with van der Waals surface area (Å²) in [5, 5.41) is 4.46. The van der Waals surface area contributed by atoms with E-state index in [-0.39, 0.29) is 22.5 Å². The van der Waals surface area contributed by atoms with Gasteiger partial charge >= 0.3 is 0 Å². The molecule has 27 heavy (non-hydrogen) atoms. The second kappa shape index (κ2) is 6.97. The number of thiophene rings is 1. The van der Waals surface area contributed by atoms with Crippen molar-refractivity contribution in [3.63, 3.8) is 0 Å². The Hall–Kier alpha value is -2.39. The monoisotopic (exact) mass is 408 g/mol. The summed E-state index contributed by atoms with van der Waals surface area (Å²) in [4.78, 5) is 24.7. The molecule has 144 valence electrons. The van der Waals surface area contributed by atoms with E-state index in [1.807, 2.05) is 13.8 Å². The minimum atomic E-state index is -4.10. The van der Waals surface area contributed by atoms with Crippen LogP contribution in [0.4, 0.5) is 5.69 Å². The Labute approximate surface area is 161 Å². The highest BCUT2D eigenvalue weighted by atomic mass is 32.2. The zero-order chi connectivity index (χ0) is 19.9. The van der Waals surface area contributed by atoms with Crippen LogP contribution in [0.5, 0.6) is 5.75 Å². The molecule has 7 nitrogen and oxygen atoms in total. The summed E-state index contributed by atoms with van der Waals surface area (Å²) >= 11 is 1.18. The van der Waals surface area contributed by atoms with Crippen molar-refractivity contribution in [3.8, 4) is 5.75 Å². The molecular weight excluding hydrogens is 388 g/mol. The average molecular weight is 409 g/mol. The molecule has 0 saturated heterocycles. The van der Waals surface area contributed by atoms with Gasteiger partial charge < -0.3 is 10.1 Å². The minimum absolute atomic E-state index is 0.0672. The summed E-state index contributed by atoms with van der Waals surface area (Å²) in [6.07, 6.45) is -0.709. The number of aryl methyl sites for hydroxylation is 2. The van der Waals surface area contributed by atoms with Gasteiger partial charge in [-0.25, -0.2) is 13.1 Å². The lowest BCUT2D eigenvalue weighted by Gasteiger charge is -2.29. The molecule has 1 atom stereocenters. The second-order valence-corrected chi connectivity index (χ2v) is 9.32. The minimum Gasteiger partial charge on any atom is -0.478 e. The topological polar surface area (TPSA) is 102 Å². The van der Waals surface area contributed by atoms with Gasteiger partial charge in [-0.05, 0) is 48.4 Å². The third-order valence-electron chi connectivity index (χ3n) is 4.24. The number of sulfonamides is 1. The Morgan fingerprint density at radius 1 is 1.26 bits per heavy atom. The molecule has 3 rings (SSSR count). The summed E-state index contributed by atoms with van der Waals surface area (Å²) in [6, 6.07) is 4.62. The van der Waals surface area contributed by atoms with Gasteiger partial charge in [0.15, 0.2) is 6.10 Å². The van der Waals surface area contributed by atoms with Crippen LogP contribution < -0.4 is 14.8 Å². The van der Waals surface area contributed by atoms with Crippen molar-refractivity contribution in [3.05, 3.63) is 39.6 Å². The molecule has 1 aliphatic heterocycles. The van der Waals surface area contributed by atoms with Crippen molar-refractivity contribution in [1.29, 1.82) is 0 Å². The van der Waals surface area contributed by atoms with E-state index < -0.39 is 22.0 Å². The number of hydrogen-bond acceptors (Lipinski definition) is 6. The van der Waals surface area contributed by atoms with E-state index in [9.17, 15) is 18.0 Å². The van der Waals surface area contributed by atoms with Crippen molar-refractivity contribution < 1.29 is 22.7 Å². The van der Waals surface area contributed by atoms with E-state index in [1.54, 1.807) is 25.3 Å². The number of hydrogen-bond donors (Lipinski definition) is 2. The fourth-order valence-corrected chi connectivity index (χ4v) is 4.90. The quantitative estimate of drug-likeness (QED) is 0.810. The van der Waals surface area contributed by atoms with Crippen molar-refractivity contribution in [2.75, 3.05) is 5.32 Å². The molecule has 0 bridgehead atoms. The van der Waals surface area contributed by atoms with Gasteiger partial charge in [-0.2, -0.15) is 0 Å². The highest BCUT2D eigenvalue weighted by molar-refractivity contribution is 7.90. The van der Waals surface area contributed by atoms with Gasteiger partial charge in [0.2, 0.25) is 0 Å². The van der Waals surface area contributed by atoms with E-state index in [4.69, 9.17) is 4.74 Å². The number of ether oxygens (including phenoxy) is 1. The van der Waals surface area contributed by atoms with Crippen LogP contribution >= 0.6 is 11.3 Å². The van der Waals surface area contributed by atoms with Crippen LogP contribution in [-0.2, 0) is 14.8 Å². The Morgan fingerprint density at radius 2 is 1.96 bits per heavy atom. The van der Waals surface area contributed by atoms with Crippen LogP contribution in [-0.4, -0.2) is 26.3 Å². The summed E-state index contributed by atoms with van der Waals surface area (Å²) in [5.74, 6) is -0.761. The van der Waals surface area contributed by atoms with E-state index >= 15 is 0 Å². The lowest BCUT2D eigenvalue weighted by Crippen LogP contribution is -2.40. The van der Waals surface area contributed by atoms with Gasteiger partial charge in [0, 0.05) is 6.07 Å². The molecule has 2 heterocycles. The van der Waals surface area contributed by atoms with E-state index in [0.29, 0.717) is 21.7 Å². The largest absolute Gasteiger partial charge is 0.478 e. The molecule has 1 aromatic carbocycles. The molecule has 0 radical (unpaired) electrons. The van der Waals surface area contributed by atoms with Crippen LogP contribution in [0.25, 0.3) is 0 Å². The van der Waals surface area contributed by atoms with Crippen LogP contribution in [0, 0.1) is 19.8 Å². The number of carbonyl (C=O) groups excluding carboxylic acids is 2. The van der Waals surface area contributed by atoms with Gasteiger partial charge in [-0.1, -0.05) is 13.8 Å². The lowest BCUT2D eigenvalue weighted by atomic mass is 10.0. The molecule has 1 aromatic heterocycles. The van der Waals surface area contributed by atoms with Gasteiger partial charge in [-0.3, -0.25) is 9.59 Å². The normalized spacial score (nSPS) is 16.5. The number of amides is 2. The lowest BCUT2D eigenvalue weighted by molar-refractivity contribution is -0.125. The molecule has 0 fully saturated rings. The van der Waals surface area contributed by atoms with Crippen molar-refractivity contribution >= 4 is 38.9 Å². The maximum Gasteiger partial charge on any atom is 0.275 e. The first-order chi connectivity index (χ1) is 12.6.